The molecule has 0 aliphatic heterocycles. The Bertz CT molecular complexity index is 786. The molecule has 0 saturated heterocycles. The quantitative estimate of drug-likeness (QED) is 0.625. The summed E-state index contributed by atoms with van der Waals surface area (Å²) in [5.74, 6) is 3.30. The molecule has 170 valence electrons. The largest absolute Gasteiger partial charge is 0.490 e. The molecule has 4 aliphatic rings. The van der Waals surface area contributed by atoms with E-state index in [1.54, 1.807) is 18.2 Å². The maximum Gasteiger partial charge on any atom is 0.251 e. The number of carbonyl (C=O) groups is 2. The van der Waals surface area contributed by atoms with E-state index in [1.807, 2.05) is 13.8 Å². The highest BCUT2D eigenvalue weighted by Gasteiger charge is 2.53. The third-order valence-corrected chi connectivity index (χ3v) is 7.60. The number of carbonyl (C=O) groups excluding carboxylic acids is 2. The van der Waals surface area contributed by atoms with Crippen molar-refractivity contribution in [3.8, 4) is 11.5 Å². The molecule has 4 aliphatic carbocycles. The van der Waals surface area contributed by atoms with Gasteiger partial charge in [-0.05, 0) is 101 Å². The van der Waals surface area contributed by atoms with Crippen LogP contribution >= 0.6 is 0 Å². The molecule has 1 atom stereocenters. The van der Waals surface area contributed by atoms with Crippen molar-refractivity contribution in [2.45, 2.75) is 65.3 Å². The summed E-state index contributed by atoms with van der Waals surface area (Å²) in [6, 6.07) is 5.25. The van der Waals surface area contributed by atoms with Gasteiger partial charge in [-0.1, -0.05) is 0 Å². The first kappa shape index (κ1) is 22.0. The predicted molar refractivity (Wildman–Crippen MR) is 119 cm³/mol. The molecule has 4 fully saturated rings. The summed E-state index contributed by atoms with van der Waals surface area (Å²) >= 11 is 0. The number of hydrogen-bond acceptors (Lipinski definition) is 4. The normalized spacial score (nSPS) is 29.3. The molecule has 0 heterocycles. The molecule has 4 saturated carbocycles. The van der Waals surface area contributed by atoms with Crippen LogP contribution in [-0.4, -0.2) is 37.6 Å². The minimum atomic E-state index is -0.290. The third kappa shape index (κ3) is 4.68. The van der Waals surface area contributed by atoms with Crippen molar-refractivity contribution in [2.24, 2.45) is 23.2 Å². The standard InChI is InChI=1S/C25H36N2O4/c1-4-30-21-7-6-20(11-22(21)31-5-2)24(29)26-15-23(28)27-16(3)25-12-17-8-18(13-25)10-19(9-17)14-25/h6-7,11,16-19H,4-5,8-10,12-15H2,1-3H3,(H,26,29)(H,27,28). The molecule has 1 aromatic rings. The molecule has 6 heteroatoms. The van der Waals surface area contributed by atoms with Gasteiger partial charge in [0.25, 0.3) is 5.91 Å². The minimum Gasteiger partial charge on any atom is -0.490 e. The number of rotatable bonds is 9. The Morgan fingerprint density at radius 2 is 1.58 bits per heavy atom. The van der Waals surface area contributed by atoms with E-state index in [4.69, 9.17) is 9.47 Å². The lowest BCUT2D eigenvalue weighted by Gasteiger charge is -2.59. The van der Waals surface area contributed by atoms with Gasteiger partial charge in [-0.3, -0.25) is 9.59 Å². The van der Waals surface area contributed by atoms with Crippen LogP contribution in [0.2, 0.25) is 0 Å². The average Bonchev–Trinajstić information content (AvgIpc) is 2.72. The van der Waals surface area contributed by atoms with E-state index in [1.165, 1.54) is 38.5 Å². The van der Waals surface area contributed by atoms with Gasteiger partial charge in [0.2, 0.25) is 5.91 Å². The first-order valence-electron chi connectivity index (χ1n) is 11.9. The summed E-state index contributed by atoms with van der Waals surface area (Å²) < 4.78 is 11.1. The van der Waals surface area contributed by atoms with Gasteiger partial charge in [0.15, 0.2) is 11.5 Å². The molecule has 2 amide bonds. The van der Waals surface area contributed by atoms with Crippen LogP contribution in [0.25, 0.3) is 0 Å². The first-order chi connectivity index (χ1) is 14.9. The Labute approximate surface area is 185 Å². The van der Waals surface area contributed by atoms with E-state index < -0.39 is 0 Å². The fourth-order valence-electron chi connectivity index (χ4n) is 6.61. The summed E-state index contributed by atoms with van der Waals surface area (Å²) in [6.45, 7) is 6.93. The first-order valence-corrected chi connectivity index (χ1v) is 11.9. The fraction of sp³-hybridized carbons (Fsp3) is 0.680. The Kier molecular flexibility index (Phi) is 6.44. The summed E-state index contributed by atoms with van der Waals surface area (Å²) in [4.78, 5) is 25.2. The number of nitrogens with one attached hydrogen (secondary N) is 2. The molecule has 1 aromatic carbocycles. The van der Waals surface area contributed by atoms with Gasteiger partial charge in [-0.2, -0.15) is 0 Å². The number of amides is 2. The Balaban J connectivity index is 1.31. The van der Waals surface area contributed by atoms with Gasteiger partial charge in [0.05, 0.1) is 19.8 Å². The van der Waals surface area contributed by atoms with Crippen LogP contribution in [0.1, 0.15) is 69.7 Å². The van der Waals surface area contributed by atoms with Crippen LogP contribution in [0, 0.1) is 23.2 Å². The third-order valence-electron chi connectivity index (χ3n) is 7.60. The molecular weight excluding hydrogens is 392 g/mol. The lowest BCUT2D eigenvalue weighted by atomic mass is 9.48. The van der Waals surface area contributed by atoms with E-state index in [0.29, 0.717) is 30.3 Å². The van der Waals surface area contributed by atoms with Crippen molar-refractivity contribution in [1.82, 2.24) is 10.6 Å². The van der Waals surface area contributed by atoms with Crippen LogP contribution in [0.15, 0.2) is 18.2 Å². The topological polar surface area (TPSA) is 76.7 Å². The molecular formula is C25H36N2O4. The van der Waals surface area contributed by atoms with Crippen molar-refractivity contribution in [2.75, 3.05) is 19.8 Å². The van der Waals surface area contributed by atoms with Gasteiger partial charge < -0.3 is 20.1 Å². The van der Waals surface area contributed by atoms with E-state index in [0.717, 1.165) is 17.8 Å². The van der Waals surface area contributed by atoms with Crippen LogP contribution in [0.4, 0.5) is 0 Å². The molecule has 31 heavy (non-hydrogen) atoms. The van der Waals surface area contributed by atoms with E-state index >= 15 is 0 Å². The van der Waals surface area contributed by atoms with Gasteiger partial charge in [0, 0.05) is 11.6 Å². The minimum absolute atomic E-state index is 0.0211. The summed E-state index contributed by atoms with van der Waals surface area (Å²) in [5, 5.41) is 5.95. The van der Waals surface area contributed by atoms with Crippen molar-refractivity contribution < 1.29 is 19.1 Å². The number of hydrogen-bond donors (Lipinski definition) is 2. The second-order valence-electron chi connectivity index (χ2n) is 9.78. The zero-order valence-corrected chi connectivity index (χ0v) is 19.0. The van der Waals surface area contributed by atoms with Crippen molar-refractivity contribution in [3.05, 3.63) is 23.8 Å². The molecule has 5 rings (SSSR count). The molecule has 4 bridgehead atoms. The summed E-state index contributed by atoms with van der Waals surface area (Å²) in [7, 11) is 0. The van der Waals surface area contributed by atoms with Gasteiger partial charge in [0.1, 0.15) is 0 Å². The Hall–Kier alpha value is -2.24. The highest BCUT2D eigenvalue weighted by molar-refractivity contribution is 5.97. The molecule has 0 aromatic heterocycles. The zero-order chi connectivity index (χ0) is 22.0. The fourth-order valence-corrected chi connectivity index (χ4v) is 6.61. The van der Waals surface area contributed by atoms with Gasteiger partial charge in [-0.15, -0.1) is 0 Å². The smallest absolute Gasteiger partial charge is 0.251 e. The Morgan fingerprint density at radius 1 is 1.00 bits per heavy atom. The maximum absolute atomic E-state index is 12.6. The second kappa shape index (κ2) is 9.09. The van der Waals surface area contributed by atoms with Crippen LogP contribution < -0.4 is 20.1 Å². The van der Waals surface area contributed by atoms with Crippen molar-refractivity contribution in [3.63, 3.8) is 0 Å². The Morgan fingerprint density at radius 3 is 2.16 bits per heavy atom. The lowest BCUT2D eigenvalue weighted by Crippen LogP contribution is -2.56. The van der Waals surface area contributed by atoms with E-state index in [2.05, 4.69) is 17.6 Å². The average molecular weight is 429 g/mol. The zero-order valence-electron chi connectivity index (χ0n) is 19.0. The molecule has 1 unspecified atom stereocenters. The maximum atomic E-state index is 12.6. The van der Waals surface area contributed by atoms with E-state index in [9.17, 15) is 9.59 Å². The predicted octanol–water partition coefficient (Wildman–Crippen LogP) is 3.93. The summed E-state index contributed by atoms with van der Waals surface area (Å²) in [5.41, 5.74) is 0.712. The molecule has 6 nitrogen and oxygen atoms in total. The highest BCUT2D eigenvalue weighted by Crippen LogP contribution is 2.61. The van der Waals surface area contributed by atoms with E-state index in [-0.39, 0.29) is 29.8 Å². The molecule has 0 radical (unpaired) electrons. The van der Waals surface area contributed by atoms with Crippen molar-refractivity contribution in [1.29, 1.82) is 0 Å². The SMILES string of the molecule is CCOc1ccc(C(=O)NCC(=O)NC(C)C23CC4CC(CC(C4)C2)C3)cc1OCC. The number of benzene rings is 1. The van der Waals surface area contributed by atoms with Crippen molar-refractivity contribution >= 4 is 11.8 Å². The van der Waals surface area contributed by atoms with Crippen LogP contribution in [0.5, 0.6) is 11.5 Å². The van der Waals surface area contributed by atoms with Gasteiger partial charge in [-0.25, -0.2) is 0 Å². The number of ether oxygens (including phenoxy) is 2. The van der Waals surface area contributed by atoms with Crippen LogP contribution in [-0.2, 0) is 4.79 Å². The van der Waals surface area contributed by atoms with Gasteiger partial charge >= 0.3 is 0 Å². The molecule has 2 N–H and O–H groups in total. The monoisotopic (exact) mass is 428 g/mol. The molecule has 0 spiro atoms. The summed E-state index contributed by atoms with van der Waals surface area (Å²) in [6.07, 6.45) is 7.92. The second-order valence-corrected chi connectivity index (χ2v) is 9.78. The lowest BCUT2D eigenvalue weighted by molar-refractivity contribution is -0.124. The van der Waals surface area contributed by atoms with Crippen LogP contribution in [0.3, 0.4) is 0 Å². The highest BCUT2D eigenvalue weighted by atomic mass is 16.5.